The Labute approximate surface area is 213 Å². The fraction of sp³-hybridized carbons (Fsp3) is 0.600. The third-order valence-corrected chi connectivity index (χ3v) is 8.24. The molecule has 1 aliphatic heterocycles. The zero-order valence-corrected chi connectivity index (χ0v) is 22.5. The molecule has 198 valence electrons. The zero-order chi connectivity index (χ0) is 26.0. The minimum absolute atomic E-state index is 0.0982. The van der Waals surface area contributed by atoms with E-state index in [0.29, 0.717) is 24.5 Å². The Bertz CT molecular complexity index is 1180. The number of ether oxygens (including phenoxy) is 2. The predicted octanol–water partition coefficient (Wildman–Crippen LogP) is 2.44. The number of rotatable bonds is 6. The Kier molecular flexibility index (Phi) is 7.91. The van der Waals surface area contributed by atoms with Crippen molar-refractivity contribution in [3.63, 3.8) is 0 Å². The van der Waals surface area contributed by atoms with Crippen LogP contribution in [0.4, 0.5) is 5.69 Å². The molecule has 0 spiro atoms. The van der Waals surface area contributed by atoms with Gasteiger partial charge in [-0.1, -0.05) is 6.92 Å². The van der Waals surface area contributed by atoms with Crippen molar-refractivity contribution in [3.8, 4) is 5.75 Å². The highest BCUT2D eigenvalue weighted by Crippen LogP contribution is 2.32. The van der Waals surface area contributed by atoms with E-state index in [1.165, 1.54) is 31.4 Å². The average Bonchev–Trinajstić information content (AvgIpc) is 3.55. The number of anilines is 1. The molecule has 11 heteroatoms. The van der Waals surface area contributed by atoms with E-state index in [1.807, 2.05) is 0 Å². The maximum absolute atomic E-state index is 13.5. The van der Waals surface area contributed by atoms with Crippen molar-refractivity contribution >= 4 is 21.6 Å². The number of fused-ring (bicyclic) bond motifs is 1. The lowest BCUT2D eigenvalue weighted by Crippen LogP contribution is -2.47. The van der Waals surface area contributed by atoms with Crippen molar-refractivity contribution in [2.75, 3.05) is 45.1 Å². The maximum atomic E-state index is 13.5. The molecule has 1 fully saturated rings. The quantitative estimate of drug-likeness (QED) is 0.625. The summed E-state index contributed by atoms with van der Waals surface area (Å²) in [6.45, 7) is 7.02. The summed E-state index contributed by atoms with van der Waals surface area (Å²) in [6.07, 6.45) is 5.23. The molecule has 1 saturated carbocycles. The van der Waals surface area contributed by atoms with E-state index in [0.717, 1.165) is 19.0 Å². The summed E-state index contributed by atoms with van der Waals surface area (Å²) in [5.74, 6) is 1.11. The number of nitrogens with one attached hydrogen (secondary N) is 1. The fourth-order valence-electron chi connectivity index (χ4n) is 4.54. The molecule has 0 radical (unpaired) electrons. The lowest BCUT2D eigenvalue weighted by molar-refractivity contribution is 0.00994. The number of aromatic nitrogens is 2. The number of benzene rings is 1. The van der Waals surface area contributed by atoms with Crippen LogP contribution in [0.1, 0.15) is 37.0 Å². The third kappa shape index (κ3) is 6.19. The molecule has 2 heterocycles. The first-order chi connectivity index (χ1) is 17.1. The van der Waals surface area contributed by atoms with Crippen molar-refractivity contribution in [2.45, 2.75) is 43.9 Å². The number of methoxy groups -OCH3 is 1. The summed E-state index contributed by atoms with van der Waals surface area (Å²) in [6, 6.07) is 4.92. The first-order valence-electron chi connectivity index (χ1n) is 12.4. The molecule has 2 aliphatic rings. The van der Waals surface area contributed by atoms with E-state index in [4.69, 9.17) is 9.47 Å². The second kappa shape index (κ2) is 10.8. The van der Waals surface area contributed by atoms with E-state index in [9.17, 15) is 13.2 Å². The Balaban J connectivity index is 1.64. The molecule has 0 saturated heterocycles. The molecular weight excluding hydrogens is 482 g/mol. The summed E-state index contributed by atoms with van der Waals surface area (Å²) >= 11 is 0. The first-order valence-corrected chi connectivity index (χ1v) is 13.9. The molecule has 2 aromatic rings. The van der Waals surface area contributed by atoms with Crippen molar-refractivity contribution in [2.24, 2.45) is 18.9 Å². The molecule has 0 unspecified atom stereocenters. The molecular formula is C25H37N5O5S. The molecule has 10 nitrogen and oxygen atoms in total. The van der Waals surface area contributed by atoms with Gasteiger partial charge in [-0.3, -0.25) is 14.4 Å². The lowest BCUT2D eigenvalue weighted by Gasteiger charge is -2.36. The highest BCUT2D eigenvalue weighted by Gasteiger charge is 2.32. The van der Waals surface area contributed by atoms with Gasteiger partial charge in [-0.05, 0) is 49.8 Å². The summed E-state index contributed by atoms with van der Waals surface area (Å²) in [7, 11) is 1.20. The van der Waals surface area contributed by atoms with Crippen molar-refractivity contribution in [1.29, 1.82) is 0 Å². The molecule has 1 aromatic carbocycles. The van der Waals surface area contributed by atoms with E-state index in [1.54, 1.807) is 42.8 Å². The number of carbonyl (C=O) groups excluding carboxylic acids is 1. The van der Waals surface area contributed by atoms with Gasteiger partial charge in [-0.25, -0.2) is 4.98 Å². The van der Waals surface area contributed by atoms with E-state index < -0.39 is 10.0 Å². The predicted molar refractivity (Wildman–Crippen MR) is 137 cm³/mol. The fourth-order valence-corrected chi connectivity index (χ4v) is 5.57. The number of hydrogen-bond acceptors (Lipinski definition) is 7. The molecule has 36 heavy (non-hydrogen) atoms. The number of amides is 1. The van der Waals surface area contributed by atoms with Gasteiger partial charge in [-0.15, -0.1) is 0 Å². The smallest absolute Gasteiger partial charge is 0.280 e. The first kappa shape index (κ1) is 26.4. The van der Waals surface area contributed by atoms with Crippen LogP contribution in [0.15, 0.2) is 35.7 Å². The largest absolute Gasteiger partial charge is 0.491 e. The molecule has 1 aromatic heterocycles. The number of carbonyl (C=O) groups is 1. The number of sulfonamides is 1. The third-order valence-electron chi connectivity index (χ3n) is 6.97. The Morgan fingerprint density at radius 1 is 1.19 bits per heavy atom. The minimum Gasteiger partial charge on any atom is -0.491 e. The van der Waals surface area contributed by atoms with Crippen LogP contribution in [0.2, 0.25) is 0 Å². The molecule has 0 bridgehead atoms. The number of likely N-dealkylation sites (N-methyl/N-ethyl adjacent to an activating group) is 1. The van der Waals surface area contributed by atoms with Crippen LogP contribution in [-0.2, 0) is 21.8 Å². The summed E-state index contributed by atoms with van der Waals surface area (Å²) in [5, 5.41) is -0.0982. The van der Waals surface area contributed by atoms with Gasteiger partial charge < -0.3 is 18.9 Å². The normalized spacial score (nSPS) is 24.4. The molecule has 3 atom stereocenters. The lowest BCUT2D eigenvalue weighted by atomic mass is 10.0. The molecule has 4 rings (SSSR count). The van der Waals surface area contributed by atoms with E-state index in [2.05, 4.69) is 28.5 Å². The van der Waals surface area contributed by atoms with Gasteiger partial charge in [0.15, 0.2) is 5.03 Å². The van der Waals surface area contributed by atoms with Gasteiger partial charge in [0.2, 0.25) is 0 Å². The van der Waals surface area contributed by atoms with Gasteiger partial charge >= 0.3 is 0 Å². The number of imidazole rings is 1. The Hall–Kier alpha value is -2.63. The Morgan fingerprint density at radius 3 is 2.58 bits per heavy atom. The van der Waals surface area contributed by atoms with Crippen LogP contribution >= 0.6 is 0 Å². The topological polar surface area (TPSA) is 106 Å². The second-order valence-corrected chi connectivity index (χ2v) is 11.8. The Morgan fingerprint density at radius 2 is 1.94 bits per heavy atom. The van der Waals surface area contributed by atoms with Crippen molar-refractivity contribution in [3.05, 3.63) is 36.3 Å². The van der Waals surface area contributed by atoms with E-state index >= 15 is 0 Å². The number of hydrogen-bond donors (Lipinski definition) is 1. The van der Waals surface area contributed by atoms with Crippen LogP contribution < -0.4 is 9.46 Å². The SMILES string of the molecule is CO[C@H]1CN(C)C(=O)c2cc(NS(=O)(=O)c3cn(C)cn3)ccc2OC[C@H](C)N(CC2CC2)C[C@H]1C. The molecule has 1 N–H and O–H groups in total. The van der Waals surface area contributed by atoms with Crippen LogP contribution in [-0.4, -0.2) is 86.2 Å². The summed E-state index contributed by atoms with van der Waals surface area (Å²) < 4.78 is 41.6. The van der Waals surface area contributed by atoms with Crippen LogP contribution in [0.3, 0.4) is 0 Å². The van der Waals surface area contributed by atoms with Crippen molar-refractivity contribution < 1.29 is 22.7 Å². The van der Waals surface area contributed by atoms with Gasteiger partial charge in [0.25, 0.3) is 15.9 Å². The minimum atomic E-state index is -3.91. The number of nitrogens with zero attached hydrogens (tertiary/aromatic N) is 4. The van der Waals surface area contributed by atoms with Crippen LogP contribution in [0, 0.1) is 11.8 Å². The highest BCUT2D eigenvalue weighted by molar-refractivity contribution is 7.92. The van der Waals surface area contributed by atoms with Gasteiger partial charge in [-0.2, -0.15) is 8.42 Å². The zero-order valence-electron chi connectivity index (χ0n) is 21.7. The molecule has 1 amide bonds. The second-order valence-electron chi connectivity index (χ2n) is 10.2. The number of aryl methyl sites for hydroxylation is 1. The summed E-state index contributed by atoms with van der Waals surface area (Å²) in [4.78, 5) is 21.5. The van der Waals surface area contributed by atoms with Gasteiger partial charge in [0, 0.05) is 58.8 Å². The average molecular weight is 520 g/mol. The van der Waals surface area contributed by atoms with E-state index in [-0.39, 0.29) is 34.7 Å². The van der Waals surface area contributed by atoms with Crippen molar-refractivity contribution in [1.82, 2.24) is 19.4 Å². The van der Waals surface area contributed by atoms with Crippen LogP contribution in [0.5, 0.6) is 5.75 Å². The summed E-state index contributed by atoms with van der Waals surface area (Å²) in [5.41, 5.74) is 0.555. The van der Waals surface area contributed by atoms with Crippen LogP contribution in [0.25, 0.3) is 0 Å². The monoisotopic (exact) mass is 519 g/mol. The van der Waals surface area contributed by atoms with Gasteiger partial charge in [0.1, 0.15) is 12.4 Å². The van der Waals surface area contributed by atoms with Gasteiger partial charge in [0.05, 0.1) is 18.0 Å². The standard InChI is InChI=1S/C25H37N5O5S/c1-17-11-30(12-19-6-7-19)18(2)15-35-22-9-8-20(27-36(32,33)24-14-28(3)16-26-24)10-21(22)25(31)29(4)13-23(17)34-5/h8-10,14,16-19,23,27H,6-7,11-13,15H2,1-5H3/t17-,18+,23+/m1/s1. The highest BCUT2D eigenvalue weighted by atomic mass is 32.2. The maximum Gasteiger partial charge on any atom is 0.280 e. The molecule has 1 aliphatic carbocycles.